The molecule has 0 aliphatic rings. The number of halogens is 1. The van der Waals surface area contributed by atoms with Crippen molar-refractivity contribution in [1.29, 1.82) is 0 Å². The van der Waals surface area contributed by atoms with Crippen LogP contribution in [0.5, 0.6) is 0 Å². The van der Waals surface area contributed by atoms with E-state index in [0.717, 1.165) is 0 Å². The summed E-state index contributed by atoms with van der Waals surface area (Å²) >= 11 is -0.471. The zero-order valence-corrected chi connectivity index (χ0v) is 6.07. The third-order valence-corrected chi connectivity index (χ3v) is 1.70. The molecule has 0 saturated heterocycles. The Kier molecular flexibility index (Phi) is 5.06. The van der Waals surface area contributed by atoms with E-state index in [4.69, 9.17) is 0 Å². The van der Waals surface area contributed by atoms with Crippen molar-refractivity contribution in [3.05, 3.63) is 0 Å². The molecule has 0 N–H and O–H groups in total. The van der Waals surface area contributed by atoms with Crippen LogP contribution < -0.4 is 0 Å². The van der Waals surface area contributed by atoms with Gasteiger partial charge in [0.2, 0.25) is 0 Å². The molecule has 0 atom stereocenters. The van der Waals surface area contributed by atoms with Crippen molar-refractivity contribution in [3.8, 4) is 0 Å². The monoisotopic (exact) mass is 185 g/mol. The Bertz CT molecular complexity index is 23.2. The van der Waals surface area contributed by atoms with E-state index in [0.29, 0.717) is 0 Å². The van der Waals surface area contributed by atoms with Gasteiger partial charge in [0.15, 0.2) is 0 Å². The van der Waals surface area contributed by atoms with Gasteiger partial charge in [0.05, 0.1) is 0 Å². The molecule has 0 fully saturated rings. The molecule has 0 rings (SSSR count). The van der Waals surface area contributed by atoms with E-state index in [-0.39, 0.29) is 6.08 Å². The fraction of sp³-hybridized carbons (Fsp3) is 1.00. The van der Waals surface area contributed by atoms with Crippen LogP contribution in [0.2, 0.25) is 4.94 Å². The minimum atomic E-state index is -0.471. The molecule has 0 aromatic heterocycles. The van der Waals surface area contributed by atoms with Crippen molar-refractivity contribution in [2.24, 2.45) is 0 Å². The molecule has 0 heterocycles. The third kappa shape index (κ3) is 3.03. The Morgan fingerprint density at radius 2 is 2.25 bits per heavy atom. The maximum atomic E-state index is 10.8. The van der Waals surface area contributed by atoms with Crippen LogP contribution in [0.4, 0.5) is 4.20 Å². The first-order valence-electron chi connectivity index (χ1n) is 0.893. The molecule has 0 aliphatic carbocycles. The van der Waals surface area contributed by atoms with Gasteiger partial charge in [0, 0.05) is 0 Å². The van der Waals surface area contributed by atoms with Gasteiger partial charge in [-0.2, -0.15) is 0 Å². The first-order valence-corrected chi connectivity index (χ1v) is 8.36. The van der Waals surface area contributed by atoms with Crippen LogP contribution in [0.25, 0.3) is 0 Å². The number of hydrogen-bond donors (Lipinski definition) is 0. The van der Waals surface area contributed by atoms with Crippen molar-refractivity contribution in [1.82, 2.24) is 0 Å². The second-order valence-corrected chi connectivity index (χ2v) is 6.20. The zero-order valence-electron chi connectivity index (χ0n) is 2.33. The van der Waals surface area contributed by atoms with Crippen molar-refractivity contribution >= 4 is 26.2 Å². The Morgan fingerprint density at radius 1 is 2.00 bits per heavy atom. The van der Waals surface area contributed by atoms with Crippen LogP contribution >= 0.6 is 6.08 Å². The summed E-state index contributed by atoms with van der Waals surface area (Å²) in [5, 5.41) is 0. The molecule has 0 aromatic carbocycles. The molecule has 0 unspecified atom stereocenters. The predicted molar refractivity (Wildman–Crippen MR) is 19.6 cm³/mol. The van der Waals surface area contributed by atoms with Crippen LogP contribution in [-0.2, 0) is 0 Å². The second-order valence-electron chi connectivity index (χ2n) is 0.308. The van der Waals surface area contributed by atoms with Gasteiger partial charge in [0.25, 0.3) is 0 Å². The summed E-state index contributed by atoms with van der Waals surface area (Å²) in [5.41, 5.74) is 0. The van der Waals surface area contributed by atoms with Crippen LogP contribution in [0.1, 0.15) is 0 Å². The van der Waals surface area contributed by atoms with Crippen molar-refractivity contribution < 1.29 is 4.20 Å². The standard InChI is InChI=1S/CH3.FP.Sn/c;1-2;/h1H3;;. The molecule has 4 heavy (non-hydrogen) atoms. The molecule has 0 nitrogen and oxygen atoms in total. The summed E-state index contributed by atoms with van der Waals surface area (Å²) in [5.74, 6) is 0. The molecular formula is CH3FPSn. The summed E-state index contributed by atoms with van der Waals surface area (Å²) in [4.78, 5) is 1.96. The van der Waals surface area contributed by atoms with Crippen molar-refractivity contribution in [2.45, 2.75) is 4.94 Å². The first kappa shape index (κ1) is 5.03. The zero-order chi connectivity index (χ0) is 3.41. The van der Waals surface area contributed by atoms with E-state index in [1.807, 2.05) is 4.94 Å². The van der Waals surface area contributed by atoms with E-state index in [9.17, 15) is 4.20 Å². The van der Waals surface area contributed by atoms with Crippen molar-refractivity contribution in [3.63, 3.8) is 0 Å². The van der Waals surface area contributed by atoms with Crippen LogP contribution in [0, 0.1) is 0 Å². The van der Waals surface area contributed by atoms with Gasteiger partial charge in [-0.3, -0.25) is 0 Å². The average Bonchev–Trinajstić information content (AvgIpc) is 1.37. The van der Waals surface area contributed by atoms with Crippen LogP contribution in [0.15, 0.2) is 0 Å². The molecule has 0 spiro atoms. The van der Waals surface area contributed by atoms with Crippen molar-refractivity contribution in [2.75, 3.05) is 0 Å². The quantitative estimate of drug-likeness (QED) is 0.394. The number of rotatable bonds is 0. The fourth-order valence-electron chi connectivity index (χ4n) is 0. The van der Waals surface area contributed by atoms with Gasteiger partial charge in [-0.25, -0.2) is 0 Å². The topological polar surface area (TPSA) is 0 Å². The first-order chi connectivity index (χ1) is 1.91. The molecule has 0 saturated carbocycles. The summed E-state index contributed by atoms with van der Waals surface area (Å²) in [6.07, 6.45) is 0.168. The molecule has 0 aliphatic heterocycles. The van der Waals surface area contributed by atoms with E-state index in [1.54, 1.807) is 0 Å². The Hall–Kier alpha value is 1.03. The van der Waals surface area contributed by atoms with E-state index >= 15 is 0 Å². The summed E-state index contributed by atoms with van der Waals surface area (Å²) < 4.78 is 10.8. The van der Waals surface area contributed by atoms with Gasteiger partial charge in [-0.1, -0.05) is 0 Å². The number of hydrogen-bond acceptors (Lipinski definition) is 0. The molecule has 23 valence electrons. The normalized spacial score (nSPS) is 9.50. The molecule has 3 heteroatoms. The van der Waals surface area contributed by atoms with E-state index in [2.05, 4.69) is 0 Å². The minimum absolute atomic E-state index is 0.168. The van der Waals surface area contributed by atoms with Gasteiger partial charge >= 0.3 is 35.3 Å². The fourth-order valence-corrected chi connectivity index (χ4v) is 0. The molecular weight excluding hydrogens is 181 g/mol. The van der Waals surface area contributed by atoms with Gasteiger partial charge in [0.1, 0.15) is 0 Å². The SMILES string of the molecule is [CH3][Sn]=[P]F. The molecule has 0 bridgehead atoms. The van der Waals surface area contributed by atoms with Crippen LogP contribution in [-0.4, -0.2) is 20.1 Å². The van der Waals surface area contributed by atoms with E-state index < -0.39 is 20.1 Å². The maximum absolute atomic E-state index is 10.8. The molecule has 0 amide bonds. The Balaban J connectivity index is 2.55. The average molecular weight is 184 g/mol. The Labute approximate surface area is 35.7 Å². The van der Waals surface area contributed by atoms with E-state index in [1.165, 1.54) is 0 Å². The molecule has 1 radical (unpaired) electrons. The summed E-state index contributed by atoms with van der Waals surface area (Å²) in [6.45, 7) is 0. The predicted octanol–water partition coefficient (Wildman–Crippen LogP) is 1.48. The second kappa shape index (κ2) is 4.03. The van der Waals surface area contributed by atoms with Gasteiger partial charge in [-0.05, 0) is 0 Å². The third-order valence-electron chi connectivity index (χ3n) is 0.0845. The van der Waals surface area contributed by atoms with Crippen LogP contribution in [0.3, 0.4) is 0 Å². The summed E-state index contributed by atoms with van der Waals surface area (Å²) in [6, 6.07) is 0. The van der Waals surface area contributed by atoms with Gasteiger partial charge < -0.3 is 0 Å². The van der Waals surface area contributed by atoms with Gasteiger partial charge in [-0.15, -0.1) is 0 Å². The molecule has 0 aromatic rings. The Morgan fingerprint density at radius 3 is 2.25 bits per heavy atom. The summed E-state index contributed by atoms with van der Waals surface area (Å²) in [7, 11) is 0.